The van der Waals surface area contributed by atoms with Gasteiger partial charge in [0, 0.05) is 35.3 Å². The number of hydrogen-bond acceptors (Lipinski definition) is 4. The minimum absolute atomic E-state index is 0.295. The van der Waals surface area contributed by atoms with Crippen LogP contribution in [0.2, 0.25) is 0 Å². The fourth-order valence-corrected chi connectivity index (χ4v) is 7.47. The normalized spacial score (nSPS) is 24.9. The van der Waals surface area contributed by atoms with Crippen molar-refractivity contribution in [2.45, 2.75) is 69.4 Å². The first-order chi connectivity index (χ1) is 16.6. The van der Waals surface area contributed by atoms with Crippen LogP contribution in [0, 0.1) is 5.41 Å². The van der Waals surface area contributed by atoms with Gasteiger partial charge < -0.3 is 9.64 Å². The molecule has 2 aromatic rings. The van der Waals surface area contributed by atoms with Gasteiger partial charge in [-0.1, -0.05) is 24.3 Å². The van der Waals surface area contributed by atoms with Crippen molar-refractivity contribution in [1.29, 1.82) is 0 Å². The predicted octanol–water partition coefficient (Wildman–Crippen LogP) is 6.70. The zero-order chi connectivity index (χ0) is 23.3. The van der Waals surface area contributed by atoms with Gasteiger partial charge in [0.25, 0.3) is 0 Å². The molecule has 2 aliphatic carbocycles. The number of piperidine rings is 1. The lowest BCUT2D eigenvalue weighted by Gasteiger charge is -2.56. The largest absolute Gasteiger partial charge is 0.465 e. The Morgan fingerprint density at radius 3 is 2.41 bits per heavy atom. The van der Waals surface area contributed by atoms with Crippen molar-refractivity contribution >= 4 is 27.6 Å². The fourth-order valence-electron chi connectivity index (χ4n) is 6.94. The van der Waals surface area contributed by atoms with Crippen molar-refractivity contribution in [2.75, 3.05) is 31.6 Å². The molecule has 0 radical (unpaired) electrons. The van der Waals surface area contributed by atoms with E-state index in [1.807, 2.05) is 6.07 Å². The molecule has 0 amide bonds. The summed E-state index contributed by atoms with van der Waals surface area (Å²) in [6.45, 7) is 3.48. The summed E-state index contributed by atoms with van der Waals surface area (Å²) in [5.41, 5.74) is 5.60. The summed E-state index contributed by atoms with van der Waals surface area (Å²) < 4.78 is 5.69. The number of ether oxygens (including phenoxy) is 1. The smallest absolute Gasteiger partial charge is 0.339 e. The van der Waals surface area contributed by atoms with Crippen molar-refractivity contribution < 1.29 is 9.53 Å². The number of hydrogen-bond donors (Lipinski definition) is 0. The first-order valence-corrected chi connectivity index (χ1v) is 13.8. The van der Waals surface area contributed by atoms with Crippen LogP contribution in [0.25, 0.3) is 0 Å². The van der Waals surface area contributed by atoms with Crippen molar-refractivity contribution in [1.82, 2.24) is 4.90 Å². The summed E-state index contributed by atoms with van der Waals surface area (Å²) in [6.07, 6.45) is 10.7. The third kappa shape index (κ3) is 4.09. The maximum absolute atomic E-state index is 11.9. The van der Waals surface area contributed by atoms with Crippen LogP contribution in [-0.2, 0) is 4.74 Å². The molecule has 180 valence electrons. The Balaban J connectivity index is 1.08. The highest BCUT2D eigenvalue weighted by atomic mass is 79.9. The Kier molecular flexibility index (Phi) is 5.97. The predicted molar refractivity (Wildman–Crippen MR) is 139 cm³/mol. The molecule has 2 aliphatic heterocycles. The fraction of sp³-hybridized carbons (Fsp3) is 0.552. The number of halogens is 1. The Bertz CT molecular complexity index is 1070. The van der Waals surface area contributed by atoms with Crippen LogP contribution in [0.3, 0.4) is 0 Å². The second-order valence-corrected chi connectivity index (χ2v) is 11.9. The van der Waals surface area contributed by atoms with E-state index in [1.54, 1.807) is 11.1 Å². The summed E-state index contributed by atoms with van der Waals surface area (Å²) in [4.78, 5) is 17.2. The summed E-state index contributed by atoms with van der Waals surface area (Å²) in [6, 6.07) is 16.7. The first-order valence-electron chi connectivity index (χ1n) is 13.0. The average Bonchev–Trinajstić information content (AvgIpc) is 3.58. The van der Waals surface area contributed by atoms with Crippen LogP contribution in [0.4, 0.5) is 5.69 Å². The van der Waals surface area contributed by atoms with Crippen LogP contribution >= 0.6 is 15.9 Å². The van der Waals surface area contributed by atoms with E-state index in [2.05, 4.69) is 62.1 Å². The summed E-state index contributed by atoms with van der Waals surface area (Å²) >= 11 is 3.56. The molecule has 2 heterocycles. The zero-order valence-electron chi connectivity index (χ0n) is 20.1. The molecule has 4 aliphatic rings. The maximum Gasteiger partial charge on any atom is 0.339 e. The monoisotopic (exact) mass is 522 g/mol. The Morgan fingerprint density at radius 2 is 1.74 bits per heavy atom. The number of carbonyl (C=O) groups excluding carboxylic acids is 1. The van der Waals surface area contributed by atoms with E-state index in [9.17, 15) is 4.79 Å². The van der Waals surface area contributed by atoms with E-state index in [1.165, 1.54) is 70.7 Å². The van der Waals surface area contributed by atoms with E-state index in [4.69, 9.17) is 4.74 Å². The molecule has 1 atom stereocenters. The molecule has 0 aromatic heterocycles. The van der Waals surface area contributed by atoms with Gasteiger partial charge in [0.15, 0.2) is 0 Å². The molecule has 34 heavy (non-hydrogen) atoms. The molecule has 0 N–H and O–H groups in total. The Morgan fingerprint density at radius 1 is 1.00 bits per heavy atom. The molecule has 4 nitrogen and oxygen atoms in total. The Labute approximate surface area is 211 Å². The van der Waals surface area contributed by atoms with Gasteiger partial charge in [-0.3, -0.25) is 4.90 Å². The first kappa shape index (κ1) is 22.6. The van der Waals surface area contributed by atoms with Gasteiger partial charge in [-0.2, -0.15) is 0 Å². The van der Waals surface area contributed by atoms with E-state index in [-0.39, 0.29) is 5.97 Å². The SMILES string of the molecule is COC(=O)c1ccc(N2CCC3(CC2)CC(N2CCC[C@H]2c2ccccc2C2CC2)C3)cc1Br. The van der Waals surface area contributed by atoms with Crippen LogP contribution in [0.15, 0.2) is 46.9 Å². The third-order valence-corrected chi connectivity index (χ3v) is 9.68. The molecule has 0 unspecified atom stereocenters. The van der Waals surface area contributed by atoms with E-state index in [0.717, 1.165) is 29.5 Å². The molecule has 0 bridgehead atoms. The van der Waals surface area contributed by atoms with Gasteiger partial charge in [-0.05, 0) is 115 Å². The van der Waals surface area contributed by atoms with Crippen molar-refractivity contribution in [3.8, 4) is 0 Å². The van der Waals surface area contributed by atoms with Gasteiger partial charge in [0.2, 0.25) is 0 Å². The summed E-state index contributed by atoms with van der Waals surface area (Å²) in [5.74, 6) is 0.536. The molecule has 5 heteroatoms. The number of anilines is 1. The highest BCUT2D eigenvalue weighted by Gasteiger charge is 2.50. The summed E-state index contributed by atoms with van der Waals surface area (Å²) in [7, 11) is 1.43. The number of nitrogens with zero attached hydrogens (tertiary/aromatic N) is 2. The second-order valence-electron chi connectivity index (χ2n) is 11.0. The summed E-state index contributed by atoms with van der Waals surface area (Å²) in [5, 5.41) is 0. The highest BCUT2D eigenvalue weighted by Crippen LogP contribution is 2.55. The van der Waals surface area contributed by atoms with Gasteiger partial charge in [0.05, 0.1) is 12.7 Å². The number of esters is 1. The maximum atomic E-state index is 11.9. The lowest BCUT2D eigenvalue weighted by Crippen LogP contribution is -2.54. The minimum atomic E-state index is -0.295. The number of likely N-dealkylation sites (tertiary alicyclic amines) is 1. The molecular weight excluding hydrogens is 488 g/mol. The molecule has 4 fully saturated rings. The van der Waals surface area contributed by atoms with Crippen molar-refractivity contribution in [2.24, 2.45) is 5.41 Å². The molecule has 1 spiro atoms. The number of carbonyl (C=O) groups is 1. The lowest BCUT2D eigenvalue weighted by molar-refractivity contribution is -0.0227. The zero-order valence-corrected chi connectivity index (χ0v) is 21.7. The molecular formula is C29H35BrN2O2. The second kappa shape index (κ2) is 8.98. The Hall–Kier alpha value is -1.85. The van der Waals surface area contributed by atoms with Crippen molar-refractivity contribution in [3.63, 3.8) is 0 Å². The van der Waals surface area contributed by atoms with Crippen LogP contribution in [0.5, 0.6) is 0 Å². The molecule has 2 saturated carbocycles. The minimum Gasteiger partial charge on any atom is -0.465 e. The van der Waals surface area contributed by atoms with Gasteiger partial charge in [0.1, 0.15) is 0 Å². The third-order valence-electron chi connectivity index (χ3n) is 9.02. The van der Waals surface area contributed by atoms with E-state index < -0.39 is 0 Å². The van der Waals surface area contributed by atoms with E-state index >= 15 is 0 Å². The van der Waals surface area contributed by atoms with Crippen LogP contribution in [-0.4, -0.2) is 43.7 Å². The number of rotatable bonds is 5. The molecule has 2 aromatic carbocycles. The number of benzene rings is 2. The standard InChI is InChI=1S/C29H35BrN2O2/c1-34-28(33)25-11-10-21(17-26(25)30)31-15-12-29(13-16-31)18-22(19-29)32-14-4-7-27(32)24-6-3-2-5-23(24)20-8-9-20/h2-3,5-6,10-11,17,20,22,27H,4,7-9,12-16,18-19H2,1H3/t27-/m0/s1. The van der Waals surface area contributed by atoms with Crippen molar-refractivity contribution in [3.05, 3.63) is 63.6 Å². The van der Waals surface area contributed by atoms with Crippen LogP contribution < -0.4 is 4.90 Å². The topological polar surface area (TPSA) is 32.8 Å². The highest BCUT2D eigenvalue weighted by molar-refractivity contribution is 9.10. The molecule has 6 rings (SSSR count). The quantitative estimate of drug-likeness (QED) is 0.409. The van der Waals surface area contributed by atoms with Gasteiger partial charge in [-0.15, -0.1) is 0 Å². The van der Waals surface area contributed by atoms with E-state index in [0.29, 0.717) is 17.0 Å². The molecule has 2 saturated heterocycles. The number of methoxy groups -OCH3 is 1. The van der Waals surface area contributed by atoms with Gasteiger partial charge in [-0.25, -0.2) is 4.79 Å². The van der Waals surface area contributed by atoms with Gasteiger partial charge >= 0.3 is 5.97 Å². The lowest BCUT2D eigenvalue weighted by atomic mass is 9.59. The average molecular weight is 524 g/mol. The van der Waals surface area contributed by atoms with Crippen LogP contribution in [0.1, 0.15) is 84.8 Å².